The SMILES string of the molecule is CN1CCC[C@H]1Cc1c[nH]c2cccnc12. The molecule has 1 N–H and O–H groups in total. The summed E-state index contributed by atoms with van der Waals surface area (Å²) in [6, 6.07) is 4.76. The maximum Gasteiger partial charge on any atom is 0.0911 e. The smallest absolute Gasteiger partial charge is 0.0911 e. The highest BCUT2D eigenvalue weighted by molar-refractivity contribution is 5.78. The molecule has 2 aromatic rings. The monoisotopic (exact) mass is 215 g/mol. The van der Waals surface area contributed by atoms with Crippen molar-refractivity contribution < 1.29 is 0 Å². The van der Waals surface area contributed by atoms with Gasteiger partial charge in [0, 0.05) is 18.4 Å². The summed E-state index contributed by atoms with van der Waals surface area (Å²) in [6.07, 6.45) is 7.75. The second-order valence-corrected chi connectivity index (χ2v) is 4.69. The first-order valence-corrected chi connectivity index (χ1v) is 5.96. The Morgan fingerprint density at radius 1 is 1.56 bits per heavy atom. The molecular formula is C13H17N3. The summed E-state index contributed by atoms with van der Waals surface area (Å²) in [7, 11) is 2.22. The molecule has 1 saturated heterocycles. The number of hydrogen-bond donors (Lipinski definition) is 1. The van der Waals surface area contributed by atoms with Crippen LogP contribution in [0.3, 0.4) is 0 Å². The lowest BCUT2D eigenvalue weighted by Crippen LogP contribution is -2.26. The number of rotatable bonds is 2. The molecule has 0 spiro atoms. The lowest BCUT2D eigenvalue weighted by Gasteiger charge is -2.18. The molecule has 1 aliphatic heterocycles. The zero-order chi connectivity index (χ0) is 11.0. The third-order valence-electron chi connectivity index (χ3n) is 3.64. The molecule has 1 fully saturated rings. The van der Waals surface area contributed by atoms with Crippen LogP contribution in [0.25, 0.3) is 11.0 Å². The molecule has 2 aromatic heterocycles. The van der Waals surface area contributed by atoms with Gasteiger partial charge in [0.25, 0.3) is 0 Å². The van der Waals surface area contributed by atoms with Gasteiger partial charge < -0.3 is 9.88 Å². The molecule has 84 valence electrons. The van der Waals surface area contributed by atoms with E-state index in [2.05, 4.69) is 34.2 Å². The molecule has 1 atom stereocenters. The van der Waals surface area contributed by atoms with E-state index < -0.39 is 0 Å². The van der Waals surface area contributed by atoms with Crippen LogP contribution < -0.4 is 0 Å². The number of H-pyrrole nitrogens is 1. The van der Waals surface area contributed by atoms with Crippen molar-refractivity contribution in [2.75, 3.05) is 13.6 Å². The van der Waals surface area contributed by atoms with E-state index in [0.29, 0.717) is 6.04 Å². The van der Waals surface area contributed by atoms with Crippen LogP contribution in [0.2, 0.25) is 0 Å². The summed E-state index contributed by atoms with van der Waals surface area (Å²) >= 11 is 0. The Kier molecular flexibility index (Phi) is 2.40. The van der Waals surface area contributed by atoms with Crippen LogP contribution >= 0.6 is 0 Å². The molecular weight excluding hydrogens is 198 g/mol. The van der Waals surface area contributed by atoms with Gasteiger partial charge in [0.1, 0.15) is 0 Å². The fourth-order valence-electron chi connectivity index (χ4n) is 2.66. The van der Waals surface area contributed by atoms with Crippen LogP contribution in [0.4, 0.5) is 0 Å². The number of pyridine rings is 1. The van der Waals surface area contributed by atoms with E-state index in [-0.39, 0.29) is 0 Å². The van der Waals surface area contributed by atoms with Crippen LogP contribution in [0.5, 0.6) is 0 Å². The van der Waals surface area contributed by atoms with E-state index in [1.807, 2.05) is 12.3 Å². The molecule has 16 heavy (non-hydrogen) atoms. The summed E-state index contributed by atoms with van der Waals surface area (Å²) in [5.41, 5.74) is 3.65. The molecule has 0 amide bonds. The van der Waals surface area contributed by atoms with Gasteiger partial charge in [-0.15, -0.1) is 0 Å². The number of fused-ring (bicyclic) bond motifs is 1. The molecule has 0 aliphatic carbocycles. The van der Waals surface area contributed by atoms with Crippen molar-refractivity contribution in [2.45, 2.75) is 25.3 Å². The van der Waals surface area contributed by atoms with Crippen molar-refractivity contribution in [2.24, 2.45) is 0 Å². The van der Waals surface area contributed by atoms with E-state index in [9.17, 15) is 0 Å². The fraction of sp³-hybridized carbons (Fsp3) is 0.462. The number of aromatic amines is 1. The van der Waals surface area contributed by atoms with Gasteiger partial charge in [-0.05, 0) is 50.6 Å². The predicted octanol–water partition coefficient (Wildman–Crippen LogP) is 2.20. The number of likely N-dealkylation sites (tertiary alicyclic amines) is 1. The number of aromatic nitrogens is 2. The first-order valence-electron chi connectivity index (χ1n) is 5.96. The van der Waals surface area contributed by atoms with Gasteiger partial charge in [-0.3, -0.25) is 4.98 Å². The Balaban J connectivity index is 1.89. The molecule has 3 heterocycles. The summed E-state index contributed by atoms with van der Waals surface area (Å²) in [6.45, 7) is 1.24. The minimum Gasteiger partial charge on any atom is -0.360 e. The van der Waals surface area contributed by atoms with Crippen molar-refractivity contribution in [3.8, 4) is 0 Å². The van der Waals surface area contributed by atoms with Crippen LogP contribution in [-0.2, 0) is 6.42 Å². The van der Waals surface area contributed by atoms with Crippen molar-refractivity contribution in [1.29, 1.82) is 0 Å². The standard InChI is InChI=1S/C13H17N3/c1-16-7-3-4-11(16)8-10-9-15-12-5-2-6-14-13(10)12/h2,5-6,9,11,15H,3-4,7-8H2,1H3/t11-/m0/s1. The quantitative estimate of drug-likeness (QED) is 0.832. The van der Waals surface area contributed by atoms with Gasteiger partial charge in [-0.1, -0.05) is 0 Å². The number of nitrogens with zero attached hydrogens (tertiary/aromatic N) is 2. The Bertz CT molecular complexity index is 489. The summed E-state index contributed by atoms with van der Waals surface area (Å²) in [4.78, 5) is 10.2. The maximum atomic E-state index is 4.46. The van der Waals surface area contributed by atoms with Crippen molar-refractivity contribution in [1.82, 2.24) is 14.9 Å². The largest absolute Gasteiger partial charge is 0.360 e. The van der Waals surface area contributed by atoms with Crippen LogP contribution in [0.1, 0.15) is 18.4 Å². The molecule has 1 aliphatic rings. The van der Waals surface area contributed by atoms with Crippen molar-refractivity contribution >= 4 is 11.0 Å². The number of nitrogens with one attached hydrogen (secondary N) is 1. The number of likely N-dealkylation sites (N-methyl/N-ethyl adjacent to an activating group) is 1. The minimum atomic E-state index is 0.695. The van der Waals surface area contributed by atoms with Gasteiger partial charge in [0.2, 0.25) is 0 Å². The zero-order valence-corrected chi connectivity index (χ0v) is 9.61. The predicted molar refractivity (Wildman–Crippen MR) is 65.4 cm³/mol. The van der Waals surface area contributed by atoms with Crippen molar-refractivity contribution in [3.63, 3.8) is 0 Å². The second kappa shape index (κ2) is 3.91. The van der Waals surface area contributed by atoms with Crippen LogP contribution in [0.15, 0.2) is 24.5 Å². The second-order valence-electron chi connectivity index (χ2n) is 4.69. The highest BCUT2D eigenvalue weighted by atomic mass is 15.1. The Hall–Kier alpha value is -1.35. The molecule has 3 heteroatoms. The van der Waals surface area contributed by atoms with E-state index in [1.54, 1.807) is 0 Å². The fourth-order valence-corrected chi connectivity index (χ4v) is 2.66. The first kappa shape index (κ1) is 9.85. The topological polar surface area (TPSA) is 31.9 Å². The van der Waals surface area contributed by atoms with E-state index >= 15 is 0 Å². The Morgan fingerprint density at radius 2 is 2.50 bits per heavy atom. The van der Waals surface area contributed by atoms with Gasteiger partial charge in [-0.25, -0.2) is 0 Å². The average Bonchev–Trinajstić information content (AvgIpc) is 2.88. The van der Waals surface area contributed by atoms with E-state index in [0.717, 1.165) is 17.5 Å². The van der Waals surface area contributed by atoms with Gasteiger partial charge in [-0.2, -0.15) is 0 Å². The van der Waals surface area contributed by atoms with E-state index in [1.165, 1.54) is 24.9 Å². The van der Waals surface area contributed by atoms with Crippen molar-refractivity contribution in [3.05, 3.63) is 30.1 Å². The summed E-state index contributed by atoms with van der Waals surface area (Å²) in [5, 5.41) is 0. The van der Waals surface area contributed by atoms with Gasteiger partial charge in [0.05, 0.1) is 11.0 Å². The normalized spacial score (nSPS) is 21.9. The Morgan fingerprint density at radius 3 is 3.31 bits per heavy atom. The third-order valence-corrected chi connectivity index (χ3v) is 3.64. The Labute approximate surface area is 95.5 Å². The molecule has 3 nitrogen and oxygen atoms in total. The lowest BCUT2D eigenvalue weighted by atomic mass is 10.1. The minimum absolute atomic E-state index is 0.695. The molecule has 0 unspecified atom stereocenters. The summed E-state index contributed by atoms with van der Waals surface area (Å²) in [5.74, 6) is 0. The molecule has 0 aromatic carbocycles. The molecule has 0 saturated carbocycles. The highest BCUT2D eigenvalue weighted by Gasteiger charge is 2.22. The highest BCUT2D eigenvalue weighted by Crippen LogP contribution is 2.23. The third kappa shape index (κ3) is 1.61. The zero-order valence-electron chi connectivity index (χ0n) is 9.61. The van der Waals surface area contributed by atoms with Gasteiger partial charge >= 0.3 is 0 Å². The summed E-state index contributed by atoms with van der Waals surface area (Å²) < 4.78 is 0. The van der Waals surface area contributed by atoms with E-state index in [4.69, 9.17) is 0 Å². The van der Waals surface area contributed by atoms with Gasteiger partial charge in [0.15, 0.2) is 0 Å². The van der Waals surface area contributed by atoms with Crippen LogP contribution in [0, 0.1) is 0 Å². The first-order chi connectivity index (χ1) is 7.84. The number of hydrogen-bond acceptors (Lipinski definition) is 2. The molecule has 0 radical (unpaired) electrons. The van der Waals surface area contributed by atoms with Crippen LogP contribution in [-0.4, -0.2) is 34.5 Å². The molecule has 3 rings (SSSR count). The molecule has 0 bridgehead atoms. The lowest BCUT2D eigenvalue weighted by molar-refractivity contribution is 0.310. The average molecular weight is 215 g/mol. The maximum absolute atomic E-state index is 4.46.